The lowest BCUT2D eigenvalue weighted by Crippen LogP contribution is -2.20. The van der Waals surface area contributed by atoms with Crippen molar-refractivity contribution in [3.63, 3.8) is 0 Å². The summed E-state index contributed by atoms with van der Waals surface area (Å²) in [7, 11) is 0. The highest BCUT2D eigenvalue weighted by Gasteiger charge is 2.17. The van der Waals surface area contributed by atoms with Gasteiger partial charge >= 0.3 is 0 Å². The minimum atomic E-state index is -0.577. The molecule has 0 unspecified atom stereocenters. The molecule has 0 atom stereocenters. The molecular weight excluding hydrogens is 380 g/mol. The Bertz CT molecular complexity index is 751. The number of hydrogen-bond donors (Lipinski definition) is 1. The third-order valence-corrected chi connectivity index (χ3v) is 3.60. The molecule has 2 aromatic rings. The average molecular weight is 395 g/mol. The van der Waals surface area contributed by atoms with Gasteiger partial charge in [-0.15, -0.1) is 0 Å². The Morgan fingerprint density at radius 3 is 2.67 bits per heavy atom. The summed E-state index contributed by atoms with van der Waals surface area (Å²) >= 11 is 3.31. The van der Waals surface area contributed by atoms with E-state index in [9.17, 15) is 14.9 Å². The van der Waals surface area contributed by atoms with Crippen molar-refractivity contribution in [2.75, 3.05) is 18.5 Å². The Morgan fingerprint density at radius 2 is 2.00 bits per heavy atom. The van der Waals surface area contributed by atoms with Crippen molar-refractivity contribution >= 4 is 33.2 Å². The van der Waals surface area contributed by atoms with Crippen molar-refractivity contribution < 1.29 is 19.2 Å². The molecule has 0 radical (unpaired) electrons. The zero-order valence-electron chi connectivity index (χ0n) is 12.8. The first-order valence-corrected chi connectivity index (χ1v) is 7.89. The lowest BCUT2D eigenvalue weighted by Gasteiger charge is -2.10. The van der Waals surface area contributed by atoms with Crippen LogP contribution in [0.15, 0.2) is 46.9 Å². The summed E-state index contributed by atoms with van der Waals surface area (Å²) in [4.78, 5) is 22.5. The Kier molecular flexibility index (Phi) is 6.14. The van der Waals surface area contributed by atoms with Crippen LogP contribution in [0.25, 0.3) is 0 Å². The lowest BCUT2D eigenvalue weighted by molar-refractivity contribution is -0.384. The van der Waals surface area contributed by atoms with Crippen LogP contribution in [0.1, 0.15) is 6.92 Å². The fourth-order valence-corrected chi connectivity index (χ4v) is 2.32. The Morgan fingerprint density at radius 1 is 1.25 bits per heavy atom. The van der Waals surface area contributed by atoms with Crippen molar-refractivity contribution in [3.8, 4) is 11.5 Å². The molecule has 0 heterocycles. The topological polar surface area (TPSA) is 90.7 Å². The molecule has 1 amide bonds. The van der Waals surface area contributed by atoms with Crippen LogP contribution in [0.2, 0.25) is 0 Å². The third-order valence-electron chi connectivity index (χ3n) is 2.95. The summed E-state index contributed by atoms with van der Waals surface area (Å²) in [6.45, 7) is 1.90. The molecule has 7 nitrogen and oxygen atoms in total. The second-order valence-corrected chi connectivity index (χ2v) is 5.49. The van der Waals surface area contributed by atoms with Crippen LogP contribution in [0, 0.1) is 10.1 Å². The van der Waals surface area contributed by atoms with Gasteiger partial charge in [0.2, 0.25) is 0 Å². The van der Waals surface area contributed by atoms with Crippen molar-refractivity contribution in [1.82, 2.24) is 0 Å². The molecule has 0 spiro atoms. The van der Waals surface area contributed by atoms with Crippen molar-refractivity contribution in [1.29, 1.82) is 0 Å². The second-order valence-electron chi connectivity index (χ2n) is 4.64. The largest absolute Gasteiger partial charge is 0.494 e. The van der Waals surface area contributed by atoms with E-state index in [0.29, 0.717) is 22.6 Å². The molecule has 126 valence electrons. The first kappa shape index (κ1) is 17.7. The summed E-state index contributed by atoms with van der Waals surface area (Å²) in [5, 5.41) is 13.6. The molecule has 1 N–H and O–H groups in total. The number of benzene rings is 2. The maximum atomic E-state index is 12.0. The molecule has 0 aliphatic rings. The summed E-state index contributed by atoms with van der Waals surface area (Å²) < 4.78 is 11.3. The maximum Gasteiger partial charge on any atom is 0.296 e. The number of para-hydroxylation sites is 1. The van der Waals surface area contributed by atoms with Gasteiger partial charge in [0.1, 0.15) is 17.2 Å². The monoisotopic (exact) mass is 394 g/mol. The van der Waals surface area contributed by atoms with Crippen molar-refractivity contribution in [2.45, 2.75) is 6.92 Å². The Hall–Kier alpha value is -2.61. The normalized spacial score (nSPS) is 10.1. The minimum Gasteiger partial charge on any atom is -0.494 e. The fraction of sp³-hybridized carbons (Fsp3) is 0.188. The van der Waals surface area contributed by atoms with Crippen LogP contribution >= 0.6 is 15.9 Å². The predicted octanol–water partition coefficient (Wildman–Crippen LogP) is 3.77. The molecule has 0 fully saturated rings. The number of carbonyl (C=O) groups is 1. The summed E-state index contributed by atoms with van der Waals surface area (Å²) in [6.07, 6.45) is 0. The van der Waals surface area contributed by atoms with Crippen molar-refractivity contribution in [2.24, 2.45) is 0 Å². The SMILES string of the molecule is CCOc1ccc(NC(=O)COc2ccccc2Br)c([N+](=O)[O-])c1. The molecular formula is C16H15BrN2O5. The Labute approximate surface area is 146 Å². The van der Waals surface area contributed by atoms with Gasteiger partial charge in [0.05, 0.1) is 22.1 Å². The van der Waals surface area contributed by atoms with Crippen LogP contribution in [0.4, 0.5) is 11.4 Å². The molecule has 24 heavy (non-hydrogen) atoms. The maximum absolute atomic E-state index is 12.0. The van der Waals surface area contributed by atoms with Gasteiger partial charge < -0.3 is 14.8 Å². The van der Waals surface area contributed by atoms with Crippen LogP contribution in [-0.4, -0.2) is 24.0 Å². The van der Waals surface area contributed by atoms with Crippen LogP contribution in [0.5, 0.6) is 11.5 Å². The van der Waals surface area contributed by atoms with Gasteiger partial charge in [-0.2, -0.15) is 0 Å². The zero-order valence-corrected chi connectivity index (χ0v) is 14.4. The molecule has 0 saturated carbocycles. The van der Waals surface area contributed by atoms with E-state index in [2.05, 4.69) is 21.2 Å². The van der Waals surface area contributed by atoms with Crippen LogP contribution < -0.4 is 14.8 Å². The number of nitro benzene ring substituents is 1. The summed E-state index contributed by atoms with van der Waals surface area (Å²) in [5.74, 6) is 0.374. The number of amides is 1. The molecule has 2 aromatic carbocycles. The third kappa shape index (κ3) is 4.69. The van der Waals surface area contributed by atoms with Gasteiger partial charge in [-0.3, -0.25) is 14.9 Å². The van der Waals surface area contributed by atoms with E-state index in [-0.39, 0.29) is 18.0 Å². The zero-order chi connectivity index (χ0) is 17.5. The van der Waals surface area contributed by atoms with E-state index < -0.39 is 10.8 Å². The second kappa shape index (κ2) is 8.30. The number of halogens is 1. The molecule has 0 aromatic heterocycles. The summed E-state index contributed by atoms with van der Waals surface area (Å²) in [5.41, 5.74) is -0.153. The van der Waals surface area contributed by atoms with E-state index in [1.165, 1.54) is 12.1 Å². The minimum absolute atomic E-state index is 0.0872. The molecule has 8 heteroatoms. The summed E-state index contributed by atoms with van der Waals surface area (Å²) in [6, 6.07) is 11.3. The smallest absolute Gasteiger partial charge is 0.296 e. The van der Waals surface area contributed by atoms with E-state index in [1.54, 1.807) is 31.2 Å². The van der Waals surface area contributed by atoms with E-state index in [4.69, 9.17) is 9.47 Å². The number of rotatable bonds is 7. The molecule has 0 bridgehead atoms. The number of hydrogen-bond acceptors (Lipinski definition) is 5. The number of carbonyl (C=O) groups excluding carboxylic acids is 1. The number of ether oxygens (including phenoxy) is 2. The first-order valence-electron chi connectivity index (χ1n) is 7.09. The standard InChI is InChI=1S/C16H15BrN2O5/c1-2-23-11-7-8-13(14(9-11)19(21)22)18-16(20)10-24-15-6-4-3-5-12(15)17/h3-9H,2,10H2,1H3,(H,18,20). The molecule has 0 aliphatic heterocycles. The Balaban J connectivity index is 2.05. The van der Waals surface area contributed by atoms with Gasteiger partial charge in [0.15, 0.2) is 6.61 Å². The highest BCUT2D eigenvalue weighted by Crippen LogP contribution is 2.29. The van der Waals surface area contributed by atoms with E-state index >= 15 is 0 Å². The number of nitrogens with zero attached hydrogens (tertiary/aromatic N) is 1. The van der Waals surface area contributed by atoms with E-state index in [1.807, 2.05) is 6.07 Å². The van der Waals surface area contributed by atoms with Gasteiger partial charge in [-0.1, -0.05) is 12.1 Å². The highest BCUT2D eigenvalue weighted by atomic mass is 79.9. The van der Waals surface area contributed by atoms with E-state index in [0.717, 1.165) is 0 Å². The van der Waals surface area contributed by atoms with Crippen LogP contribution in [-0.2, 0) is 4.79 Å². The molecule has 0 aliphatic carbocycles. The average Bonchev–Trinajstić information content (AvgIpc) is 2.55. The predicted molar refractivity (Wildman–Crippen MR) is 92.5 cm³/mol. The van der Waals surface area contributed by atoms with Gasteiger partial charge in [-0.05, 0) is 47.1 Å². The number of nitrogens with one attached hydrogen (secondary N) is 1. The first-order chi connectivity index (χ1) is 11.5. The number of anilines is 1. The lowest BCUT2D eigenvalue weighted by atomic mass is 10.2. The molecule has 0 saturated heterocycles. The van der Waals surface area contributed by atoms with Gasteiger partial charge in [0.25, 0.3) is 11.6 Å². The van der Waals surface area contributed by atoms with Gasteiger partial charge in [-0.25, -0.2) is 0 Å². The van der Waals surface area contributed by atoms with Gasteiger partial charge in [0, 0.05) is 0 Å². The van der Waals surface area contributed by atoms with Crippen molar-refractivity contribution in [3.05, 3.63) is 57.1 Å². The number of nitro groups is 1. The quantitative estimate of drug-likeness (QED) is 0.569. The van der Waals surface area contributed by atoms with Crippen LogP contribution in [0.3, 0.4) is 0 Å². The fourth-order valence-electron chi connectivity index (χ4n) is 1.92. The molecule has 2 rings (SSSR count). The highest BCUT2D eigenvalue weighted by molar-refractivity contribution is 9.10.